The summed E-state index contributed by atoms with van der Waals surface area (Å²) < 4.78 is 32.0. The lowest BCUT2D eigenvalue weighted by molar-refractivity contribution is -0.384. The van der Waals surface area contributed by atoms with E-state index in [4.69, 9.17) is 4.42 Å². The van der Waals surface area contributed by atoms with Gasteiger partial charge in [0, 0.05) is 41.6 Å². The number of non-ortho nitro benzene ring substituents is 1. The van der Waals surface area contributed by atoms with Crippen molar-refractivity contribution < 1.29 is 22.6 Å². The third-order valence-electron chi connectivity index (χ3n) is 3.58. The first-order valence-electron chi connectivity index (χ1n) is 7.99. The summed E-state index contributed by atoms with van der Waals surface area (Å²) in [6, 6.07) is 10.6. The molecule has 1 N–H and O–H groups in total. The van der Waals surface area contributed by atoms with Crippen molar-refractivity contribution in [1.29, 1.82) is 5.26 Å². The van der Waals surface area contributed by atoms with Gasteiger partial charge >= 0.3 is 0 Å². The van der Waals surface area contributed by atoms with E-state index in [0.717, 1.165) is 6.26 Å². The van der Waals surface area contributed by atoms with Crippen LogP contribution in [0.15, 0.2) is 51.5 Å². The van der Waals surface area contributed by atoms with Gasteiger partial charge in [0.25, 0.3) is 16.8 Å². The molecule has 0 saturated carbocycles. The zero-order valence-corrected chi connectivity index (χ0v) is 16.7. The largest absolute Gasteiger partial charge is 0.457 e. The van der Waals surface area contributed by atoms with Crippen LogP contribution in [0.1, 0.15) is 5.76 Å². The van der Waals surface area contributed by atoms with Crippen molar-refractivity contribution >= 4 is 44.2 Å². The normalized spacial score (nSPS) is 11.7. The molecule has 13 heteroatoms. The van der Waals surface area contributed by atoms with Crippen molar-refractivity contribution in [2.75, 3.05) is 11.6 Å². The SMILES string of the molecule is CS(=O)(=O)c1nsc(NC(=O)/C(C#N)=C\c2ccc(-c3cccc([N+](=O)[O-])c3)o2)n1. The summed E-state index contributed by atoms with van der Waals surface area (Å²) in [6.07, 6.45) is 2.10. The molecule has 0 aliphatic rings. The second-order valence-electron chi connectivity index (χ2n) is 5.79. The Balaban J connectivity index is 1.80. The molecular formula is C17H11N5O6S2. The highest BCUT2D eigenvalue weighted by Crippen LogP contribution is 2.26. The fourth-order valence-electron chi connectivity index (χ4n) is 2.22. The molecule has 0 aliphatic heterocycles. The number of hydrogen-bond donors (Lipinski definition) is 1. The highest BCUT2D eigenvalue weighted by Gasteiger charge is 2.18. The van der Waals surface area contributed by atoms with Crippen molar-refractivity contribution in [1.82, 2.24) is 9.36 Å². The molecule has 11 nitrogen and oxygen atoms in total. The third-order valence-corrected chi connectivity index (χ3v) is 5.17. The van der Waals surface area contributed by atoms with Crippen LogP contribution >= 0.6 is 11.5 Å². The first-order valence-corrected chi connectivity index (χ1v) is 10.7. The van der Waals surface area contributed by atoms with Gasteiger partial charge in [0.1, 0.15) is 23.2 Å². The van der Waals surface area contributed by atoms with E-state index in [1.165, 1.54) is 30.3 Å². The molecule has 0 unspecified atom stereocenters. The van der Waals surface area contributed by atoms with Gasteiger partial charge in [-0.05, 0) is 12.1 Å². The Hall–Kier alpha value is -3.89. The highest BCUT2D eigenvalue weighted by atomic mass is 32.2. The quantitative estimate of drug-likeness (QED) is 0.259. The van der Waals surface area contributed by atoms with E-state index in [-0.39, 0.29) is 22.2 Å². The third kappa shape index (κ3) is 4.74. The van der Waals surface area contributed by atoms with Crippen LogP contribution in [0, 0.1) is 21.4 Å². The first kappa shape index (κ1) is 20.8. The van der Waals surface area contributed by atoms with Gasteiger partial charge in [-0.2, -0.15) is 14.6 Å². The van der Waals surface area contributed by atoms with Gasteiger partial charge in [-0.3, -0.25) is 20.2 Å². The lowest BCUT2D eigenvalue weighted by atomic mass is 10.1. The number of amides is 1. The Morgan fingerprint density at radius 2 is 2.13 bits per heavy atom. The maximum Gasteiger partial charge on any atom is 0.270 e. The lowest BCUT2D eigenvalue weighted by Crippen LogP contribution is -2.13. The summed E-state index contributed by atoms with van der Waals surface area (Å²) in [5, 5.41) is 21.9. The van der Waals surface area contributed by atoms with Crippen LogP contribution in [-0.4, -0.2) is 34.9 Å². The molecule has 0 aliphatic carbocycles. The molecule has 0 atom stereocenters. The average molecular weight is 445 g/mol. The number of sulfone groups is 1. The van der Waals surface area contributed by atoms with Crippen LogP contribution in [0.4, 0.5) is 10.8 Å². The zero-order chi connectivity index (χ0) is 21.9. The molecule has 1 aromatic carbocycles. The molecule has 2 aromatic heterocycles. The molecule has 2 heterocycles. The van der Waals surface area contributed by atoms with Gasteiger partial charge in [-0.15, -0.1) is 0 Å². The number of anilines is 1. The van der Waals surface area contributed by atoms with E-state index in [1.807, 2.05) is 0 Å². The standard InChI is InChI=1S/C17H11N5O6S2/c1-30(26,27)17-20-16(29-21-17)19-15(23)11(9-18)8-13-5-6-14(28-13)10-3-2-4-12(7-10)22(24)25/h2-8H,1H3,(H,19,20,21,23)/b11-8-. The Labute approximate surface area is 173 Å². The van der Waals surface area contributed by atoms with Crippen LogP contribution in [0.3, 0.4) is 0 Å². The van der Waals surface area contributed by atoms with E-state index < -0.39 is 25.8 Å². The number of nitriles is 1. The topological polar surface area (TPSA) is 169 Å². The number of rotatable bonds is 6. The summed E-state index contributed by atoms with van der Waals surface area (Å²) in [4.78, 5) is 26.3. The van der Waals surface area contributed by atoms with Crippen LogP contribution in [-0.2, 0) is 14.6 Å². The molecule has 0 fully saturated rings. The van der Waals surface area contributed by atoms with Gasteiger partial charge in [-0.1, -0.05) is 12.1 Å². The number of nitrogens with zero attached hydrogens (tertiary/aromatic N) is 4. The molecule has 1 amide bonds. The van der Waals surface area contributed by atoms with E-state index in [2.05, 4.69) is 14.7 Å². The summed E-state index contributed by atoms with van der Waals surface area (Å²) in [6.45, 7) is 0. The van der Waals surface area contributed by atoms with Crippen molar-refractivity contribution in [3.05, 3.63) is 57.8 Å². The monoisotopic (exact) mass is 445 g/mol. The summed E-state index contributed by atoms with van der Waals surface area (Å²) in [5.41, 5.74) is 0.0172. The molecule has 0 radical (unpaired) electrons. The minimum atomic E-state index is -3.62. The Kier molecular flexibility index (Phi) is 5.72. The number of nitro benzene ring substituents is 1. The Bertz CT molecular complexity index is 1320. The van der Waals surface area contributed by atoms with E-state index >= 15 is 0 Å². The second-order valence-corrected chi connectivity index (χ2v) is 8.45. The van der Waals surface area contributed by atoms with Gasteiger partial charge in [0.2, 0.25) is 15.0 Å². The maximum atomic E-state index is 12.3. The summed E-state index contributed by atoms with van der Waals surface area (Å²) in [5.74, 6) is -0.358. The Morgan fingerprint density at radius 1 is 1.37 bits per heavy atom. The Morgan fingerprint density at radius 3 is 2.77 bits per heavy atom. The van der Waals surface area contributed by atoms with E-state index in [1.54, 1.807) is 18.2 Å². The van der Waals surface area contributed by atoms with Crippen LogP contribution < -0.4 is 5.32 Å². The summed E-state index contributed by atoms with van der Waals surface area (Å²) >= 11 is 0.657. The second kappa shape index (κ2) is 8.23. The van der Waals surface area contributed by atoms with Gasteiger partial charge in [-0.25, -0.2) is 8.42 Å². The smallest absolute Gasteiger partial charge is 0.270 e. The van der Waals surface area contributed by atoms with E-state index in [9.17, 15) is 28.6 Å². The number of hydrogen-bond acceptors (Lipinski definition) is 10. The number of benzene rings is 1. The van der Waals surface area contributed by atoms with Crippen molar-refractivity contribution in [2.24, 2.45) is 0 Å². The number of furan rings is 1. The zero-order valence-electron chi connectivity index (χ0n) is 15.1. The molecule has 30 heavy (non-hydrogen) atoms. The molecule has 152 valence electrons. The fourth-order valence-corrected chi connectivity index (χ4v) is 3.66. The van der Waals surface area contributed by atoms with Crippen LogP contribution in [0.25, 0.3) is 17.4 Å². The van der Waals surface area contributed by atoms with E-state index in [0.29, 0.717) is 22.9 Å². The van der Waals surface area contributed by atoms with Gasteiger partial charge in [0.05, 0.1) is 4.92 Å². The number of aromatic nitrogens is 2. The van der Waals surface area contributed by atoms with Crippen molar-refractivity contribution in [2.45, 2.75) is 5.16 Å². The van der Waals surface area contributed by atoms with Crippen molar-refractivity contribution in [3.8, 4) is 17.4 Å². The predicted octanol–water partition coefficient (Wildman–Crippen LogP) is 2.66. The van der Waals surface area contributed by atoms with Crippen molar-refractivity contribution in [3.63, 3.8) is 0 Å². The average Bonchev–Trinajstić information content (AvgIpc) is 3.35. The fraction of sp³-hybridized carbons (Fsp3) is 0.0588. The lowest BCUT2D eigenvalue weighted by Gasteiger charge is -1.99. The molecule has 3 aromatic rings. The number of carbonyl (C=O) groups excluding carboxylic acids is 1. The van der Waals surface area contributed by atoms with Crippen LogP contribution in [0.2, 0.25) is 0 Å². The minimum Gasteiger partial charge on any atom is -0.457 e. The van der Waals surface area contributed by atoms with Crippen LogP contribution in [0.5, 0.6) is 0 Å². The minimum absolute atomic E-state index is 0.0849. The number of carbonyl (C=O) groups is 1. The van der Waals surface area contributed by atoms with Gasteiger partial charge in [0.15, 0.2) is 0 Å². The molecular weight excluding hydrogens is 434 g/mol. The molecule has 0 saturated heterocycles. The maximum absolute atomic E-state index is 12.3. The predicted molar refractivity (Wildman–Crippen MR) is 106 cm³/mol. The molecule has 0 bridgehead atoms. The molecule has 3 rings (SSSR count). The molecule has 0 spiro atoms. The number of nitrogens with one attached hydrogen (secondary N) is 1. The first-order chi connectivity index (χ1) is 14.2. The summed E-state index contributed by atoms with van der Waals surface area (Å²) in [7, 11) is -3.62. The highest BCUT2D eigenvalue weighted by molar-refractivity contribution is 7.90. The van der Waals surface area contributed by atoms with Gasteiger partial charge < -0.3 is 4.42 Å². The number of nitro groups is 1.